The molecule has 0 aliphatic rings. The lowest BCUT2D eigenvalue weighted by atomic mass is 10.0. The lowest BCUT2D eigenvalue weighted by Gasteiger charge is -2.27. The number of anilines is 1. The number of hydroxylamine groups is 1. The number of azide groups is 1. The molecule has 0 aliphatic heterocycles. The Morgan fingerprint density at radius 2 is 2.17 bits per heavy atom. The number of rotatable bonds is 8. The average molecular weight is 319 g/mol. The second-order valence-electron chi connectivity index (χ2n) is 5.01. The van der Waals surface area contributed by atoms with Crippen LogP contribution in [0.2, 0.25) is 0 Å². The molecule has 1 aromatic rings. The van der Waals surface area contributed by atoms with E-state index >= 15 is 0 Å². The van der Waals surface area contributed by atoms with Crippen LogP contribution in [0.4, 0.5) is 11.4 Å². The van der Waals surface area contributed by atoms with Gasteiger partial charge < -0.3 is 4.84 Å². The van der Waals surface area contributed by atoms with Crippen molar-refractivity contribution in [2.45, 2.75) is 20.8 Å². The molecular weight excluding hydrogens is 298 g/mol. The standard InChI is InChI=1S/C15H21N5O3/c1-10(8-17-22-4)9-20(23-5)15-11(2)13(12(3)21)6-7-14(15)18-19-16/h6-8,10H,9H2,1-5H3. The van der Waals surface area contributed by atoms with Gasteiger partial charge in [-0.1, -0.05) is 23.3 Å². The normalized spacial score (nSPS) is 11.9. The second-order valence-corrected chi connectivity index (χ2v) is 5.01. The zero-order valence-electron chi connectivity index (χ0n) is 14.0. The topological polar surface area (TPSA) is 99.9 Å². The Morgan fingerprint density at radius 3 is 2.70 bits per heavy atom. The van der Waals surface area contributed by atoms with Gasteiger partial charge in [-0.2, -0.15) is 0 Å². The van der Waals surface area contributed by atoms with E-state index < -0.39 is 0 Å². The summed E-state index contributed by atoms with van der Waals surface area (Å²) in [6.45, 7) is 5.66. The molecule has 1 unspecified atom stereocenters. The van der Waals surface area contributed by atoms with E-state index in [1.165, 1.54) is 21.1 Å². The third-order valence-corrected chi connectivity index (χ3v) is 3.29. The predicted octanol–water partition coefficient (Wildman–Crippen LogP) is 3.78. The minimum atomic E-state index is -0.0683. The Bertz CT molecular complexity index is 638. The van der Waals surface area contributed by atoms with Crippen molar-refractivity contribution in [3.63, 3.8) is 0 Å². The largest absolute Gasteiger partial charge is 0.399 e. The summed E-state index contributed by atoms with van der Waals surface area (Å²) in [5, 5.41) is 9.01. The number of ketones is 1. The summed E-state index contributed by atoms with van der Waals surface area (Å²) in [4.78, 5) is 24.7. The molecule has 0 spiro atoms. The van der Waals surface area contributed by atoms with Crippen LogP contribution in [-0.4, -0.2) is 32.8 Å². The average Bonchev–Trinajstić information content (AvgIpc) is 2.51. The van der Waals surface area contributed by atoms with Gasteiger partial charge in [-0.3, -0.25) is 14.7 Å². The van der Waals surface area contributed by atoms with Gasteiger partial charge in [0.25, 0.3) is 0 Å². The number of benzene rings is 1. The molecule has 8 heteroatoms. The lowest BCUT2D eigenvalue weighted by Crippen LogP contribution is -2.29. The first kappa shape index (κ1) is 18.5. The van der Waals surface area contributed by atoms with Gasteiger partial charge in [-0.25, -0.2) is 0 Å². The van der Waals surface area contributed by atoms with Crippen LogP contribution in [0.3, 0.4) is 0 Å². The van der Waals surface area contributed by atoms with E-state index in [9.17, 15) is 4.79 Å². The molecule has 0 saturated carbocycles. The first-order chi connectivity index (χ1) is 11.0. The van der Waals surface area contributed by atoms with Crippen molar-refractivity contribution in [3.8, 4) is 0 Å². The van der Waals surface area contributed by atoms with E-state index in [-0.39, 0.29) is 11.7 Å². The summed E-state index contributed by atoms with van der Waals surface area (Å²) >= 11 is 0. The summed E-state index contributed by atoms with van der Waals surface area (Å²) in [5.41, 5.74) is 11.0. The number of hydrogen-bond donors (Lipinski definition) is 0. The van der Waals surface area contributed by atoms with Gasteiger partial charge in [-0.05, 0) is 31.0 Å². The Kier molecular flexibility index (Phi) is 7.05. The summed E-state index contributed by atoms with van der Waals surface area (Å²) in [7, 11) is 2.98. The van der Waals surface area contributed by atoms with E-state index in [1.54, 1.807) is 30.3 Å². The zero-order valence-corrected chi connectivity index (χ0v) is 14.0. The zero-order chi connectivity index (χ0) is 17.4. The van der Waals surface area contributed by atoms with Crippen LogP contribution >= 0.6 is 0 Å². The molecule has 0 fully saturated rings. The van der Waals surface area contributed by atoms with Gasteiger partial charge in [0, 0.05) is 22.6 Å². The van der Waals surface area contributed by atoms with Crippen LogP contribution in [0.15, 0.2) is 22.4 Å². The van der Waals surface area contributed by atoms with E-state index in [1.807, 2.05) is 6.92 Å². The van der Waals surface area contributed by atoms with Crippen molar-refractivity contribution in [1.29, 1.82) is 0 Å². The Morgan fingerprint density at radius 1 is 1.48 bits per heavy atom. The smallest absolute Gasteiger partial charge is 0.160 e. The van der Waals surface area contributed by atoms with E-state index in [0.29, 0.717) is 29.0 Å². The molecule has 0 N–H and O–H groups in total. The molecule has 0 aromatic heterocycles. The number of hydrogen-bond acceptors (Lipinski definition) is 6. The fourth-order valence-electron chi connectivity index (χ4n) is 2.24. The van der Waals surface area contributed by atoms with Crippen molar-refractivity contribution < 1.29 is 14.5 Å². The quantitative estimate of drug-likeness (QED) is 0.182. The summed E-state index contributed by atoms with van der Waals surface area (Å²) in [6, 6.07) is 3.26. The Labute approximate surface area is 135 Å². The first-order valence-electron chi connectivity index (χ1n) is 7.04. The maximum absolute atomic E-state index is 11.8. The molecule has 0 saturated heterocycles. The maximum Gasteiger partial charge on any atom is 0.160 e. The van der Waals surface area contributed by atoms with Crippen LogP contribution in [0, 0.1) is 12.8 Å². The third-order valence-electron chi connectivity index (χ3n) is 3.29. The predicted molar refractivity (Wildman–Crippen MR) is 89.0 cm³/mol. The van der Waals surface area contributed by atoms with Crippen molar-refractivity contribution in [2.75, 3.05) is 25.8 Å². The highest BCUT2D eigenvalue weighted by Gasteiger charge is 2.19. The molecule has 0 bridgehead atoms. The molecule has 1 aromatic carbocycles. The molecule has 1 rings (SSSR count). The molecule has 0 aliphatic carbocycles. The number of oxime groups is 1. The lowest BCUT2D eigenvalue weighted by molar-refractivity contribution is 0.101. The van der Waals surface area contributed by atoms with E-state index in [4.69, 9.17) is 10.4 Å². The molecule has 23 heavy (non-hydrogen) atoms. The summed E-state index contributed by atoms with van der Waals surface area (Å²) in [5.74, 6) is -0.0597. The molecule has 1 atom stereocenters. The number of Topliss-reactive ketones (excluding diaryl/α,β-unsaturated/α-hetero) is 1. The van der Waals surface area contributed by atoms with Crippen molar-refractivity contribution >= 4 is 23.4 Å². The molecule has 8 nitrogen and oxygen atoms in total. The molecule has 124 valence electrons. The molecule has 0 amide bonds. The van der Waals surface area contributed by atoms with Gasteiger partial charge in [0.05, 0.1) is 25.0 Å². The molecule has 0 radical (unpaired) electrons. The van der Waals surface area contributed by atoms with Gasteiger partial charge in [-0.15, -0.1) is 0 Å². The van der Waals surface area contributed by atoms with Gasteiger partial charge in [0.15, 0.2) is 5.78 Å². The van der Waals surface area contributed by atoms with Crippen molar-refractivity contribution in [3.05, 3.63) is 33.7 Å². The van der Waals surface area contributed by atoms with Crippen LogP contribution in [0.1, 0.15) is 29.8 Å². The third kappa shape index (κ3) is 4.70. The Balaban J connectivity index is 3.33. The van der Waals surface area contributed by atoms with Gasteiger partial charge in [0.1, 0.15) is 7.11 Å². The Hall–Kier alpha value is -2.57. The van der Waals surface area contributed by atoms with E-state index in [2.05, 4.69) is 20.0 Å². The fourth-order valence-corrected chi connectivity index (χ4v) is 2.24. The van der Waals surface area contributed by atoms with Gasteiger partial charge in [0.2, 0.25) is 0 Å². The molecular formula is C15H21N5O3. The van der Waals surface area contributed by atoms with Crippen molar-refractivity contribution in [2.24, 2.45) is 16.2 Å². The second kappa shape index (κ2) is 8.77. The van der Waals surface area contributed by atoms with Crippen LogP contribution in [0.5, 0.6) is 0 Å². The minimum Gasteiger partial charge on any atom is -0.399 e. The number of carbonyl (C=O) groups is 1. The summed E-state index contributed by atoms with van der Waals surface area (Å²) in [6.07, 6.45) is 1.64. The van der Waals surface area contributed by atoms with Crippen LogP contribution in [0.25, 0.3) is 10.4 Å². The summed E-state index contributed by atoms with van der Waals surface area (Å²) < 4.78 is 0. The number of carbonyl (C=O) groups excluding carboxylic acids is 1. The van der Waals surface area contributed by atoms with Gasteiger partial charge >= 0.3 is 0 Å². The highest BCUT2D eigenvalue weighted by molar-refractivity contribution is 5.98. The monoisotopic (exact) mass is 319 g/mol. The SMILES string of the molecule is CON=CC(C)CN(OC)c1c(N=[N+]=[N-])ccc(C(C)=O)c1C. The van der Waals surface area contributed by atoms with Crippen molar-refractivity contribution in [1.82, 2.24) is 0 Å². The maximum atomic E-state index is 11.8. The highest BCUT2D eigenvalue weighted by Crippen LogP contribution is 2.35. The van der Waals surface area contributed by atoms with Crippen LogP contribution in [-0.2, 0) is 9.68 Å². The highest BCUT2D eigenvalue weighted by atomic mass is 16.7. The minimum absolute atomic E-state index is 0.00852. The van der Waals surface area contributed by atoms with E-state index in [0.717, 1.165) is 0 Å². The molecule has 0 heterocycles. The first-order valence-corrected chi connectivity index (χ1v) is 7.04. The fraction of sp³-hybridized carbons (Fsp3) is 0.467. The van der Waals surface area contributed by atoms with Crippen LogP contribution < -0.4 is 5.06 Å². The number of nitrogens with zero attached hydrogens (tertiary/aromatic N) is 5.